The first-order valence-electron chi connectivity index (χ1n) is 9.44. The van der Waals surface area contributed by atoms with Crippen LogP contribution in [0.1, 0.15) is 43.6 Å². The van der Waals surface area contributed by atoms with Gasteiger partial charge in [-0.05, 0) is 36.1 Å². The van der Waals surface area contributed by atoms with Gasteiger partial charge in [-0.2, -0.15) is 0 Å². The number of nitrogens with zero attached hydrogens (tertiary/aromatic N) is 2. The number of amides is 2. The lowest BCUT2D eigenvalue weighted by Gasteiger charge is -2.33. The number of rotatable bonds is 3. The van der Waals surface area contributed by atoms with E-state index in [0.717, 1.165) is 43.1 Å². The van der Waals surface area contributed by atoms with Crippen molar-refractivity contribution < 1.29 is 9.59 Å². The third kappa shape index (κ3) is 2.96. The zero-order valence-electron chi connectivity index (χ0n) is 15.4. The molecule has 1 saturated heterocycles. The van der Waals surface area contributed by atoms with Crippen LogP contribution in [0.2, 0.25) is 0 Å². The van der Waals surface area contributed by atoms with E-state index in [0.29, 0.717) is 5.69 Å². The van der Waals surface area contributed by atoms with Crippen molar-refractivity contribution in [2.45, 2.75) is 39.2 Å². The predicted molar refractivity (Wildman–Crippen MR) is 101 cm³/mol. The van der Waals surface area contributed by atoms with Gasteiger partial charge in [-0.25, -0.2) is 0 Å². The molecule has 1 saturated carbocycles. The first kappa shape index (κ1) is 17.0. The van der Waals surface area contributed by atoms with E-state index >= 15 is 0 Å². The highest BCUT2D eigenvalue weighted by Gasteiger charge is 2.56. The molecule has 2 aromatic rings. The van der Waals surface area contributed by atoms with Gasteiger partial charge in [-0.1, -0.05) is 38.1 Å². The third-order valence-electron chi connectivity index (χ3n) is 5.95. The molecule has 26 heavy (non-hydrogen) atoms. The largest absolute Gasteiger partial charge is 0.353 e. The number of pyridine rings is 1. The van der Waals surface area contributed by atoms with Crippen molar-refractivity contribution in [3.05, 3.63) is 42.2 Å². The minimum Gasteiger partial charge on any atom is -0.353 e. The average Bonchev–Trinajstić information content (AvgIpc) is 3.32. The molecular formula is C21H25N3O2. The van der Waals surface area contributed by atoms with Gasteiger partial charge >= 0.3 is 0 Å². The summed E-state index contributed by atoms with van der Waals surface area (Å²) >= 11 is 0. The van der Waals surface area contributed by atoms with Crippen LogP contribution in [-0.2, 0) is 4.79 Å². The molecule has 1 aromatic carbocycles. The van der Waals surface area contributed by atoms with Crippen LogP contribution < -0.4 is 5.32 Å². The molecule has 1 aliphatic heterocycles. The van der Waals surface area contributed by atoms with Crippen molar-refractivity contribution >= 4 is 22.6 Å². The average molecular weight is 351 g/mol. The van der Waals surface area contributed by atoms with Gasteiger partial charge in [0.15, 0.2) is 0 Å². The Bertz CT molecular complexity index is 848. The van der Waals surface area contributed by atoms with E-state index in [2.05, 4.69) is 10.3 Å². The lowest BCUT2D eigenvalue weighted by Crippen LogP contribution is -2.42. The summed E-state index contributed by atoms with van der Waals surface area (Å²) in [6.07, 6.45) is 4.65. The summed E-state index contributed by atoms with van der Waals surface area (Å²) in [5.74, 6) is 0.164. The summed E-state index contributed by atoms with van der Waals surface area (Å²) in [6.45, 7) is 5.31. The van der Waals surface area contributed by atoms with Gasteiger partial charge in [-0.3, -0.25) is 14.6 Å². The number of carbonyl (C=O) groups is 2. The zero-order valence-corrected chi connectivity index (χ0v) is 15.4. The molecule has 2 fully saturated rings. The van der Waals surface area contributed by atoms with Crippen LogP contribution in [0.4, 0.5) is 0 Å². The van der Waals surface area contributed by atoms with Crippen LogP contribution in [0, 0.1) is 11.3 Å². The molecule has 2 aliphatic rings. The molecule has 1 unspecified atom stereocenters. The van der Waals surface area contributed by atoms with Crippen molar-refractivity contribution in [2.24, 2.45) is 11.3 Å². The Morgan fingerprint density at radius 1 is 1.19 bits per heavy atom. The van der Waals surface area contributed by atoms with Crippen LogP contribution in [0.3, 0.4) is 0 Å². The summed E-state index contributed by atoms with van der Waals surface area (Å²) < 4.78 is 0. The van der Waals surface area contributed by atoms with E-state index in [1.165, 1.54) is 0 Å². The lowest BCUT2D eigenvalue weighted by molar-refractivity contribution is -0.124. The smallest absolute Gasteiger partial charge is 0.273 e. The summed E-state index contributed by atoms with van der Waals surface area (Å²) in [5.41, 5.74) is 0.743. The second-order valence-corrected chi connectivity index (χ2v) is 7.96. The molecule has 1 spiro atoms. The highest BCUT2D eigenvalue weighted by Crippen LogP contribution is 2.54. The minimum atomic E-state index is 0.0139. The van der Waals surface area contributed by atoms with Crippen molar-refractivity contribution in [1.29, 1.82) is 0 Å². The van der Waals surface area contributed by atoms with Crippen molar-refractivity contribution in [2.75, 3.05) is 13.1 Å². The van der Waals surface area contributed by atoms with Gasteiger partial charge in [0.2, 0.25) is 5.91 Å². The van der Waals surface area contributed by atoms with Gasteiger partial charge in [0, 0.05) is 36.6 Å². The first-order valence-corrected chi connectivity index (χ1v) is 9.44. The minimum absolute atomic E-state index is 0.0139. The number of likely N-dealkylation sites (tertiary alicyclic amines) is 1. The van der Waals surface area contributed by atoms with Crippen LogP contribution in [-0.4, -0.2) is 40.8 Å². The maximum absolute atomic E-state index is 13.0. The van der Waals surface area contributed by atoms with Crippen molar-refractivity contribution in [3.8, 4) is 0 Å². The van der Waals surface area contributed by atoms with E-state index in [4.69, 9.17) is 0 Å². The maximum atomic E-state index is 13.0. The van der Waals surface area contributed by atoms with E-state index in [9.17, 15) is 9.59 Å². The molecule has 0 bridgehead atoms. The van der Waals surface area contributed by atoms with Gasteiger partial charge < -0.3 is 10.2 Å². The van der Waals surface area contributed by atoms with E-state index < -0.39 is 0 Å². The Morgan fingerprint density at radius 2 is 1.92 bits per heavy atom. The van der Waals surface area contributed by atoms with Crippen molar-refractivity contribution in [1.82, 2.24) is 15.2 Å². The fourth-order valence-electron chi connectivity index (χ4n) is 4.04. The van der Waals surface area contributed by atoms with E-state index in [-0.39, 0.29) is 29.2 Å². The number of carbonyl (C=O) groups excluding carboxylic acids is 2. The summed E-state index contributed by atoms with van der Waals surface area (Å²) in [4.78, 5) is 31.2. The zero-order chi connectivity index (χ0) is 18.3. The number of hydrogen-bond acceptors (Lipinski definition) is 3. The fourth-order valence-corrected chi connectivity index (χ4v) is 4.04. The molecule has 5 nitrogen and oxygen atoms in total. The third-order valence-corrected chi connectivity index (χ3v) is 5.95. The number of hydrogen-bond donors (Lipinski definition) is 1. The van der Waals surface area contributed by atoms with E-state index in [1.54, 1.807) is 6.20 Å². The van der Waals surface area contributed by atoms with Gasteiger partial charge in [0.05, 0.1) is 0 Å². The monoisotopic (exact) mass is 351 g/mol. The van der Waals surface area contributed by atoms with Gasteiger partial charge in [-0.15, -0.1) is 0 Å². The molecule has 1 atom stereocenters. The molecule has 2 amide bonds. The number of piperidine rings is 1. The van der Waals surface area contributed by atoms with Crippen LogP contribution in [0.25, 0.3) is 10.8 Å². The summed E-state index contributed by atoms with van der Waals surface area (Å²) in [6, 6.07) is 10.1. The van der Waals surface area contributed by atoms with Crippen LogP contribution in [0.15, 0.2) is 36.5 Å². The molecule has 5 heteroatoms. The highest BCUT2D eigenvalue weighted by atomic mass is 16.2. The molecule has 1 aliphatic carbocycles. The summed E-state index contributed by atoms with van der Waals surface area (Å²) in [7, 11) is 0. The number of fused-ring (bicyclic) bond motifs is 1. The molecule has 2 heterocycles. The molecule has 4 rings (SSSR count). The fraction of sp³-hybridized carbons (Fsp3) is 0.476. The van der Waals surface area contributed by atoms with E-state index in [1.807, 2.05) is 49.1 Å². The quantitative estimate of drug-likeness (QED) is 0.925. The standard InChI is InChI=1S/C21H25N3O2/c1-14(2)19(25)23-17-13-21(17)8-11-24(12-9-21)20(26)18-16-6-4-3-5-15(16)7-10-22-18/h3-7,10,14,17H,8-9,11-13H2,1-2H3,(H,23,25). The highest BCUT2D eigenvalue weighted by molar-refractivity contribution is 6.05. The van der Waals surface area contributed by atoms with Crippen LogP contribution in [0.5, 0.6) is 0 Å². The second kappa shape index (κ2) is 6.38. The number of benzene rings is 1. The summed E-state index contributed by atoms with van der Waals surface area (Å²) in [5, 5.41) is 5.11. The first-order chi connectivity index (χ1) is 12.5. The SMILES string of the molecule is CC(C)C(=O)NC1CC12CCN(C(=O)c1nccc3ccccc13)CC2. The lowest BCUT2D eigenvalue weighted by atomic mass is 9.92. The Kier molecular flexibility index (Phi) is 4.17. The second-order valence-electron chi connectivity index (χ2n) is 7.96. The predicted octanol–water partition coefficient (Wildman–Crippen LogP) is 3.00. The molecular weight excluding hydrogens is 326 g/mol. The Balaban J connectivity index is 1.42. The Hall–Kier alpha value is -2.43. The Labute approximate surface area is 153 Å². The number of aromatic nitrogens is 1. The van der Waals surface area contributed by atoms with Gasteiger partial charge in [0.25, 0.3) is 5.91 Å². The Morgan fingerprint density at radius 3 is 2.65 bits per heavy atom. The maximum Gasteiger partial charge on any atom is 0.273 e. The van der Waals surface area contributed by atoms with Crippen LogP contribution >= 0.6 is 0 Å². The number of nitrogens with one attached hydrogen (secondary N) is 1. The molecule has 1 N–H and O–H groups in total. The topological polar surface area (TPSA) is 62.3 Å². The molecule has 1 aromatic heterocycles. The van der Waals surface area contributed by atoms with Crippen molar-refractivity contribution in [3.63, 3.8) is 0 Å². The molecule has 0 radical (unpaired) electrons. The molecule has 136 valence electrons. The normalized spacial score (nSPS) is 21.2. The van der Waals surface area contributed by atoms with Gasteiger partial charge in [0.1, 0.15) is 5.69 Å².